The Kier molecular flexibility index (Phi) is 7.43. The van der Waals surface area contributed by atoms with Crippen LogP contribution in [-0.2, 0) is 19.1 Å². The highest BCUT2D eigenvalue weighted by atomic mass is 16.6. The summed E-state index contributed by atoms with van der Waals surface area (Å²) < 4.78 is 9.81. The van der Waals surface area contributed by atoms with Gasteiger partial charge in [-0.3, -0.25) is 19.7 Å². The second kappa shape index (κ2) is 10.9. The first-order valence-electron chi connectivity index (χ1n) is 11.4. The summed E-state index contributed by atoms with van der Waals surface area (Å²) >= 11 is 0. The van der Waals surface area contributed by atoms with E-state index in [0.717, 1.165) is 10.8 Å². The molecule has 4 aromatic rings. The van der Waals surface area contributed by atoms with Crippen molar-refractivity contribution in [1.82, 2.24) is 5.32 Å². The van der Waals surface area contributed by atoms with Gasteiger partial charge in [0, 0.05) is 18.1 Å². The van der Waals surface area contributed by atoms with Crippen LogP contribution in [-0.4, -0.2) is 43.0 Å². The number of rotatable bonds is 8. The van der Waals surface area contributed by atoms with Crippen LogP contribution in [0.3, 0.4) is 0 Å². The molecule has 188 valence electrons. The van der Waals surface area contributed by atoms with Crippen LogP contribution in [0.5, 0.6) is 0 Å². The summed E-state index contributed by atoms with van der Waals surface area (Å²) in [5.74, 6) is -2.83. The first kappa shape index (κ1) is 25.3. The second-order valence-corrected chi connectivity index (χ2v) is 8.40. The fraction of sp³-hybridized carbons (Fsp3) is 0.179. The first-order chi connectivity index (χ1) is 17.8. The minimum absolute atomic E-state index is 0.151. The van der Waals surface area contributed by atoms with Crippen molar-refractivity contribution < 1.29 is 28.8 Å². The van der Waals surface area contributed by atoms with Gasteiger partial charge in [-0.25, -0.2) is 4.79 Å². The van der Waals surface area contributed by atoms with Crippen LogP contribution in [0, 0.1) is 10.1 Å². The highest BCUT2D eigenvalue weighted by molar-refractivity contribution is 6.18. The van der Waals surface area contributed by atoms with Crippen molar-refractivity contribution in [2.24, 2.45) is 0 Å². The molecule has 0 spiro atoms. The fourth-order valence-corrected chi connectivity index (χ4v) is 4.46. The number of non-ortho nitro benzene ring substituents is 1. The molecule has 4 aromatic carbocycles. The molecular weight excluding hydrogens is 476 g/mol. The van der Waals surface area contributed by atoms with Gasteiger partial charge in [0.25, 0.3) is 11.6 Å². The number of hydrogen-bond acceptors (Lipinski definition) is 7. The number of benzene rings is 4. The maximum absolute atomic E-state index is 13.8. The summed E-state index contributed by atoms with van der Waals surface area (Å²) in [6.45, 7) is 0. The lowest BCUT2D eigenvalue weighted by Crippen LogP contribution is -2.46. The Labute approximate surface area is 212 Å². The summed E-state index contributed by atoms with van der Waals surface area (Å²) in [7, 11) is 2.39. The Morgan fingerprint density at radius 2 is 1.43 bits per heavy atom. The predicted molar refractivity (Wildman–Crippen MR) is 137 cm³/mol. The smallest absolute Gasteiger partial charge is 0.329 e. The number of hydrogen-bond donors (Lipinski definition) is 1. The molecule has 1 amide bonds. The van der Waals surface area contributed by atoms with Crippen molar-refractivity contribution in [3.05, 3.63) is 100 Å². The summed E-state index contributed by atoms with van der Waals surface area (Å²) in [6.07, 6.45) is -0.273. The van der Waals surface area contributed by atoms with Crippen molar-refractivity contribution >= 4 is 45.1 Å². The van der Waals surface area contributed by atoms with Gasteiger partial charge in [0.1, 0.15) is 6.04 Å². The molecule has 0 bridgehead atoms. The van der Waals surface area contributed by atoms with Crippen LogP contribution in [0.25, 0.3) is 21.5 Å². The number of nitrogens with one attached hydrogen (secondary N) is 1. The van der Waals surface area contributed by atoms with Crippen molar-refractivity contribution in [2.45, 2.75) is 18.4 Å². The van der Waals surface area contributed by atoms with E-state index in [0.29, 0.717) is 21.9 Å². The zero-order valence-electron chi connectivity index (χ0n) is 20.2. The Bertz CT molecular complexity index is 1440. The van der Waals surface area contributed by atoms with Gasteiger partial charge in [-0.2, -0.15) is 0 Å². The number of nitro groups is 1. The van der Waals surface area contributed by atoms with Gasteiger partial charge < -0.3 is 14.8 Å². The molecule has 0 radical (unpaired) electrons. The number of fused-ring (bicyclic) bond motifs is 2. The van der Waals surface area contributed by atoms with Crippen LogP contribution in [0.15, 0.2) is 78.9 Å². The highest BCUT2D eigenvalue weighted by Crippen LogP contribution is 2.31. The van der Waals surface area contributed by atoms with Crippen molar-refractivity contribution in [2.75, 3.05) is 14.2 Å². The monoisotopic (exact) mass is 500 g/mol. The van der Waals surface area contributed by atoms with Crippen molar-refractivity contribution in [1.29, 1.82) is 0 Å². The van der Waals surface area contributed by atoms with Crippen LogP contribution in [0.4, 0.5) is 5.69 Å². The summed E-state index contributed by atoms with van der Waals surface area (Å²) in [4.78, 5) is 49.6. The highest BCUT2D eigenvalue weighted by Gasteiger charge is 2.35. The topological polar surface area (TPSA) is 125 Å². The number of esters is 2. The zero-order valence-corrected chi connectivity index (χ0v) is 20.2. The Morgan fingerprint density at radius 3 is 1.95 bits per heavy atom. The third-order valence-electron chi connectivity index (χ3n) is 6.29. The molecule has 0 heterocycles. The summed E-state index contributed by atoms with van der Waals surface area (Å²) in [5.41, 5.74) is 0.652. The maximum atomic E-state index is 13.8. The van der Waals surface area contributed by atoms with E-state index in [1.54, 1.807) is 0 Å². The molecule has 0 unspecified atom stereocenters. The molecule has 0 aromatic heterocycles. The van der Waals surface area contributed by atoms with Gasteiger partial charge in [-0.15, -0.1) is 0 Å². The molecule has 0 saturated carbocycles. The third kappa shape index (κ3) is 5.25. The van der Waals surface area contributed by atoms with E-state index in [1.165, 1.54) is 38.5 Å². The van der Waals surface area contributed by atoms with Gasteiger partial charge in [-0.1, -0.05) is 60.7 Å². The minimum atomic E-state index is -1.28. The Hall–Kier alpha value is -4.79. The number of carbonyl (C=O) groups is 3. The number of nitrogens with zero attached hydrogens (tertiary/aromatic N) is 1. The van der Waals surface area contributed by atoms with E-state index in [9.17, 15) is 24.5 Å². The standard InChI is InChI=1S/C28H24N2O7/c1-36-24(31)16-23(17-11-13-20(14-12-17)30(34)35)26(28(33)37-2)29-27(32)25-21-9-5-3-7-18(21)15-19-8-4-6-10-22(19)25/h3-15,23,26H,16H2,1-2H3,(H,29,32)/t23-,26-/m1/s1. The van der Waals surface area contributed by atoms with Crippen LogP contribution >= 0.6 is 0 Å². The van der Waals surface area contributed by atoms with Crippen LogP contribution in [0.2, 0.25) is 0 Å². The maximum Gasteiger partial charge on any atom is 0.329 e. The average molecular weight is 501 g/mol. The number of methoxy groups -OCH3 is 2. The van der Waals surface area contributed by atoms with Crippen molar-refractivity contribution in [3.8, 4) is 0 Å². The molecule has 2 atom stereocenters. The molecule has 9 heteroatoms. The summed E-state index contributed by atoms with van der Waals surface area (Å²) in [6, 6.07) is 21.0. The van der Waals surface area contributed by atoms with E-state index in [1.807, 2.05) is 54.6 Å². The van der Waals surface area contributed by atoms with Crippen LogP contribution < -0.4 is 5.32 Å². The predicted octanol–water partition coefficient (Wildman–Crippen LogP) is 4.52. The van der Waals surface area contributed by atoms with Crippen LogP contribution in [0.1, 0.15) is 28.3 Å². The van der Waals surface area contributed by atoms with E-state index in [4.69, 9.17) is 9.47 Å². The largest absolute Gasteiger partial charge is 0.469 e. The van der Waals surface area contributed by atoms with E-state index >= 15 is 0 Å². The van der Waals surface area contributed by atoms with E-state index < -0.39 is 34.7 Å². The molecule has 0 aliphatic carbocycles. The molecule has 9 nitrogen and oxygen atoms in total. The number of carbonyl (C=O) groups excluding carboxylic acids is 3. The molecule has 0 aliphatic rings. The van der Waals surface area contributed by atoms with E-state index in [-0.39, 0.29) is 12.1 Å². The summed E-state index contributed by atoms with van der Waals surface area (Å²) in [5, 5.41) is 17.0. The van der Waals surface area contributed by atoms with Gasteiger partial charge in [0.15, 0.2) is 0 Å². The number of amides is 1. The number of nitro benzene ring substituents is 1. The molecule has 0 aliphatic heterocycles. The lowest BCUT2D eigenvalue weighted by atomic mass is 9.87. The lowest BCUT2D eigenvalue weighted by molar-refractivity contribution is -0.384. The lowest BCUT2D eigenvalue weighted by Gasteiger charge is -2.26. The zero-order chi connectivity index (χ0) is 26.5. The molecule has 0 saturated heterocycles. The molecule has 1 N–H and O–H groups in total. The third-order valence-corrected chi connectivity index (χ3v) is 6.29. The molecule has 0 fully saturated rings. The van der Waals surface area contributed by atoms with Gasteiger partial charge in [0.05, 0.1) is 31.1 Å². The van der Waals surface area contributed by atoms with Gasteiger partial charge >= 0.3 is 11.9 Å². The fourth-order valence-electron chi connectivity index (χ4n) is 4.46. The SMILES string of the molecule is COC(=O)C[C@H](c1ccc([N+](=O)[O-])cc1)[C@@H](NC(=O)c1c2ccccc2cc2ccccc12)C(=O)OC. The Balaban J connectivity index is 1.81. The van der Waals surface area contributed by atoms with Gasteiger partial charge in [-0.05, 0) is 33.2 Å². The number of ether oxygens (including phenoxy) is 2. The second-order valence-electron chi connectivity index (χ2n) is 8.40. The van der Waals surface area contributed by atoms with Crippen molar-refractivity contribution in [3.63, 3.8) is 0 Å². The molecule has 4 rings (SSSR count). The average Bonchev–Trinajstić information content (AvgIpc) is 2.92. The van der Waals surface area contributed by atoms with E-state index in [2.05, 4.69) is 5.32 Å². The minimum Gasteiger partial charge on any atom is -0.469 e. The Morgan fingerprint density at radius 1 is 0.865 bits per heavy atom. The molecular formula is C28H24N2O7. The quantitative estimate of drug-likeness (QED) is 0.163. The molecule has 37 heavy (non-hydrogen) atoms. The van der Waals surface area contributed by atoms with Gasteiger partial charge in [0.2, 0.25) is 0 Å². The first-order valence-corrected chi connectivity index (χ1v) is 11.4. The normalized spacial score (nSPS) is 12.5.